The van der Waals surface area contributed by atoms with Gasteiger partial charge in [0.15, 0.2) is 0 Å². The van der Waals surface area contributed by atoms with E-state index in [1.807, 2.05) is 49.4 Å². The smallest absolute Gasteiger partial charge is 0.303 e. The Morgan fingerprint density at radius 3 is 2.63 bits per heavy atom. The Balaban J connectivity index is 2.13. The molecule has 3 N–H and O–H groups in total. The quantitative estimate of drug-likeness (QED) is 0.580. The number of phosphoric acid groups is 1. The monoisotopic (exact) mass is 281 g/mol. The molecule has 102 valence electrons. The van der Waals surface area contributed by atoms with Crippen LogP contribution in [0.15, 0.2) is 42.5 Å². The fourth-order valence-corrected chi connectivity index (χ4v) is 2.23. The van der Waals surface area contributed by atoms with E-state index in [1.54, 1.807) is 0 Å². The topological polar surface area (TPSA) is 78.8 Å². The Morgan fingerprint density at radius 2 is 1.89 bits per heavy atom. The van der Waals surface area contributed by atoms with E-state index in [4.69, 9.17) is 9.79 Å². The predicted octanol–water partition coefficient (Wildman–Crippen LogP) is 2.56. The molecule has 2 aromatic rings. The van der Waals surface area contributed by atoms with Crippen molar-refractivity contribution in [2.45, 2.75) is 13.0 Å². The summed E-state index contributed by atoms with van der Waals surface area (Å²) in [6, 6.07) is 13.9. The zero-order chi connectivity index (χ0) is 13.9. The second kappa shape index (κ2) is 5.82. The first kappa shape index (κ1) is 14.2. The standard InChI is InChI=1S/C13H16NO4P/c1-10(14-9-18-19(15,16)17)12-8-4-6-11-5-2-3-7-13(11)12/h2-8,10,14H,9H2,1H3,(H2,15,16,17). The van der Waals surface area contributed by atoms with Crippen LogP contribution in [0.5, 0.6) is 0 Å². The maximum atomic E-state index is 10.6. The molecule has 19 heavy (non-hydrogen) atoms. The number of rotatable bonds is 5. The van der Waals surface area contributed by atoms with Crippen molar-refractivity contribution in [2.24, 2.45) is 0 Å². The van der Waals surface area contributed by atoms with Crippen molar-refractivity contribution in [1.29, 1.82) is 0 Å². The molecule has 2 aromatic carbocycles. The minimum Gasteiger partial charge on any atom is -0.303 e. The van der Waals surface area contributed by atoms with Gasteiger partial charge >= 0.3 is 7.82 Å². The molecule has 6 heteroatoms. The first-order valence-electron chi connectivity index (χ1n) is 5.88. The van der Waals surface area contributed by atoms with Gasteiger partial charge in [0, 0.05) is 6.04 Å². The highest BCUT2D eigenvalue weighted by Gasteiger charge is 2.15. The molecule has 0 aliphatic rings. The summed E-state index contributed by atoms with van der Waals surface area (Å²) >= 11 is 0. The molecule has 0 aliphatic heterocycles. The van der Waals surface area contributed by atoms with E-state index in [2.05, 4.69) is 9.84 Å². The lowest BCUT2D eigenvalue weighted by Crippen LogP contribution is -2.21. The molecule has 0 amide bonds. The van der Waals surface area contributed by atoms with E-state index >= 15 is 0 Å². The third kappa shape index (κ3) is 3.86. The molecular weight excluding hydrogens is 265 g/mol. The summed E-state index contributed by atoms with van der Waals surface area (Å²) in [6.07, 6.45) is 0. The Morgan fingerprint density at radius 1 is 1.21 bits per heavy atom. The zero-order valence-corrected chi connectivity index (χ0v) is 11.4. The van der Waals surface area contributed by atoms with Crippen molar-refractivity contribution < 1.29 is 18.9 Å². The second-order valence-corrected chi connectivity index (χ2v) is 5.50. The van der Waals surface area contributed by atoms with Crippen LogP contribution in [0.25, 0.3) is 10.8 Å². The SMILES string of the molecule is CC(NCOP(=O)(O)O)c1cccc2ccccc12. The maximum absolute atomic E-state index is 10.6. The number of hydrogen-bond donors (Lipinski definition) is 3. The molecule has 0 saturated carbocycles. The summed E-state index contributed by atoms with van der Waals surface area (Å²) in [5.41, 5.74) is 1.06. The van der Waals surface area contributed by atoms with E-state index in [0.29, 0.717) is 0 Å². The van der Waals surface area contributed by atoms with E-state index in [9.17, 15) is 4.57 Å². The molecule has 0 spiro atoms. The molecule has 0 aliphatic carbocycles. The van der Waals surface area contributed by atoms with Crippen LogP contribution in [-0.2, 0) is 9.09 Å². The van der Waals surface area contributed by atoms with Gasteiger partial charge in [0.05, 0.1) is 0 Å². The summed E-state index contributed by atoms with van der Waals surface area (Å²) in [5.74, 6) is 0. The lowest BCUT2D eigenvalue weighted by molar-refractivity contribution is 0.177. The Bertz CT molecular complexity index is 605. The third-order valence-electron chi connectivity index (χ3n) is 2.91. The molecule has 0 aromatic heterocycles. The molecule has 1 unspecified atom stereocenters. The van der Waals surface area contributed by atoms with Crippen LogP contribution in [0.1, 0.15) is 18.5 Å². The van der Waals surface area contributed by atoms with Gasteiger partial charge in [0.2, 0.25) is 0 Å². The highest BCUT2D eigenvalue weighted by molar-refractivity contribution is 7.46. The maximum Gasteiger partial charge on any atom is 0.470 e. The van der Waals surface area contributed by atoms with Gasteiger partial charge in [-0.1, -0.05) is 42.5 Å². The Hall–Kier alpha value is -1.23. The molecule has 2 rings (SSSR count). The molecule has 0 fully saturated rings. The van der Waals surface area contributed by atoms with Gasteiger partial charge in [-0.2, -0.15) is 0 Å². The van der Waals surface area contributed by atoms with Crippen molar-refractivity contribution in [3.63, 3.8) is 0 Å². The van der Waals surface area contributed by atoms with Crippen molar-refractivity contribution in [1.82, 2.24) is 5.32 Å². The lowest BCUT2D eigenvalue weighted by atomic mass is 10.00. The molecule has 0 bridgehead atoms. The van der Waals surface area contributed by atoms with Gasteiger partial charge in [-0.15, -0.1) is 0 Å². The number of fused-ring (bicyclic) bond motifs is 1. The van der Waals surface area contributed by atoms with Gasteiger partial charge in [-0.05, 0) is 23.3 Å². The summed E-state index contributed by atoms with van der Waals surface area (Å²) in [6.45, 7) is 1.72. The fourth-order valence-electron chi connectivity index (χ4n) is 1.98. The fraction of sp³-hybridized carbons (Fsp3) is 0.231. The third-order valence-corrected chi connectivity index (χ3v) is 3.38. The highest BCUT2D eigenvalue weighted by Crippen LogP contribution is 2.35. The number of nitrogens with one attached hydrogen (secondary N) is 1. The molecule has 0 radical (unpaired) electrons. The van der Waals surface area contributed by atoms with Crippen LogP contribution in [-0.4, -0.2) is 16.5 Å². The van der Waals surface area contributed by atoms with Crippen molar-refractivity contribution in [3.05, 3.63) is 48.0 Å². The van der Waals surface area contributed by atoms with Gasteiger partial charge in [-0.3, -0.25) is 9.84 Å². The molecular formula is C13H16NO4P. The normalized spacial score (nSPS) is 13.6. The van der Waals surface area contributed by atoms with Crippen LogP contribution in [0, 0.1) is 0 Å². The van der Waals surface area contributed by atoms with Gasteiger partial charge in [-0.25, -0.2) is 4.57 Å². The Labute approximate surface area is 111 Å². The minimum absolute atomic E-state index is 0.0716. The van der Waals surface area contributed by atoms with E-state index in [0.717, 1.165) is 16.3 Å². The summed E-state index contributed by atoms with van der Waals surface area (Å²) < 4.78 is 15.0. The average Bonchev–Trinajstić information content (AvgIpc) is 2.36. The first-order chi connectivity index (χ1) is 8.97. The largest absolute Gasteiger partial charge is 0.470 e. The number of hydrogen-bond acceptors (Lipinski definition) is 3. The molecule has 1 atom stereocenters. The van der Waals surface area contributed by atoms with Crippen LogP contribution < -0.4 is 5.32 Å². The Kier molecular flexibility index (Phi) is 4.34. The number of benzene rings is 2. The van der Waals surface area contributed by atoms with Crippen LogP contribution >= 0.6 is 7.82 Å². The van der Waals surface area contributed by atoms with Gasteiger partial charge < -0.3 is 9.79 Å². The van der Waals surface area contributed by atoms with Crippen molar-refractivity contribution in [3.8, 4) is 0 Å². The summed E-state index contributed by atoms with van der Waals surface area (Å²) in [5, 5.41) is 5.17. The zero-order valence-electron chi connectivity index (χ0n) is 10.5. The second-order valence-electron chi connectivity index (χ2n) is 4.26. The van der Waals surface area contributed by atoms with Crippen LogP contribution in [0.2, 0.25) is 0 Å². The average molecular weight is 281 g/mol. The minimum atomic E-state index is -4.42. The van der Waals surface area contributed by atoms with Gasteiger partial charge in [0.1, 0.15) is 6.73 Å². The van der Waals surface area contributed by atoms with Crippen molar-refractivity contribution >= 4 is 18.6 Å². The van der Waals surface area contributed by atoms with Gasteiger partial charge in [0.25, 0.3) is 0 Å². The van der Waals surface area contributed by atoms with Crippen LogP contribution in [0.4, 0.5) is 0 Å². The van der Waals surface area contributed by atoms with E-state index < -0.39 is 7.82 Å². The van der Waals surface area contributed by atoms with E-state index in [1.165, 1.54) is 0 Å². The lowest BCUT2D eigenvalue weighted by Gasteiger charge is -2.16. The first-order valence-corrected chi connectivity index (χ1v) is 7.41. The van der Waals surface area contributed by atoms with E-state index in [-0.39, 0.29) is 12.8 Å². The molecule has 5 nitrogen and oxygen atoms in total. The summed E-state index contributed by atoms with van der Waals surface area (Å²) in [4.78, 5) is 17.2. The van der Waals surface area contributed by atoms with Crippen molar-refractivity contribution in [2.75, 3.05) is 6.73 Å². The number of phosphoric ester groups is 1. The molecule has 0 saturated heterocycles. The predicted molar refractivity (Wildman–Crippen MR) is 73.5 cm³/mol. The summed E-state index contributed by atoms with van der Waals surface area (Å²) in [7, 11) is -4.42. The van der Waals surface area contributed by atoms with Crippen LogP contribution in [0.3, 0.4) is 0 Å². The highest BCUT2D eigenvalue weighted by atomic mass is 31.2. The molecule has 0 heterocycles.